The standard InChI is InChI=1S/C10H6Br2N2O4/c1-18-10(17)4-2-3(11)7(13-4)5-6(12)9(16)14-8(5)15/h2,13H,1H3,(H,14,15,16). The molecule has 6 nitrogen and oxygen atoms in total. The normalized spacial score (nSPS) is 15.1. The van der Waals surface area contributed by atoms with E-state index >= 15 is 0 Å². The van der Waals surface area contributed by atoms with Gasteiger partial charge in [-0.2, -0.15) is 0 Å². The maximum atomic E-state index is 11.6. The van der Waals surface area contributed by atoms with Gasteiger partial charge in [-0.15, -0.1) is 0 Å². The van der Waals surface area contributed by atoms with Crippen molar-refractivity contribution in [2.75, 3.05) is 7.11 Å². The molecule has 2 heterocycles. The Labute approximate surface area is 118 Å². The number of hydrogen-bond acceptors (Lipinski definition) is 4. The Morgan fingerprint density at radius 1 is 1.28 bits per heavy atom. The third-order valence-corrected chi connectivity index (χ3v) is 3.68. The molecule has 2 rings (SSSR count). The molecular formula is C10H6Br2N2O4. The van der Waals surface area contributed by atoms with Crippen LogP contribution in [0.15, 0.2) is 15.0 Å². The van der Waals surface area contributed by atoms with Crippen LogP contribution in [0.2, 0.25) is 0 Å². The van der Waals surface area contributed by atoms with Gasteiger partial charge in [-0.25, -0.2) is 4.79 Å². The molecule has 1 aliphatic rings. The molecule has 0 spiro atoms. The number of H-pyrrole nitrogens is 1. The number of imide groups is 1. The van der Waals surface area contributed by atoms with Crippen molar-refractivity contribution in [1.29, 1.82) is 0 Å². The molecular weight excluding hydrogens is 372 g/mol. The predicted molar refractivity (Wildman–Crippen MR) is 68.8 cm³/mol. The van der Waals surface area contributed by atoms with E-state index in [-0.39, 0.29) is 15.7 Å². The maximum absolute atomic E-state index is 11.6. The predicted octanol–water partition coefficient (Wildman–Crippen LogP) is 1.33. The number of aromatic nitrogens is 1. The van der Waals surface area contributed by atoms with E-state index in [1.165, 1.54) is 13.2 Å². The van der Waals surface area contributed by atoms with Crippen molar-refractivity contribution in [3.63, 3.8) is 0 Å². The Morgan fingerprint density at radius 2 is 1.94 bits per heavy atom. The van der Waals surface area contributed by atoms with Crippen molar-refractivity contribution in [1.82, 2.24) is 10.3 Å². The van der Waals surface area contributed by atoms with Crippen molar-refractivity contribution in [3.8, 4) is 0 Å². The van der Waals surface area contributed by atoms with E-state index in [2.05, 4.69) is 46.9 Å². The number of rotatable bonds is 2. The zero-order valence-corrected chi connectivity index (χ0v) is 12.1. The Bertz CT molecular complexity index is 603. The molecule has 0 unspecified atom stereocenters. The summed E-state index contributed by atoms with van der Waals surface area (Å²) in [6.07, 6.45) is 0. The Morgan fingerprint density at radius 3 is 2.44 bits per heavy atom. The van der Waals surface area contributed by atoms with E-state index in [0.717, 1.165) is 0 Å². The Balaban J connectivity index is 2.53. The second-order valence-electron chi connectivity index (χ2n) is 3.37. The van der Waals surface area contributed by atoms with E-state index in [1.807, 2.05) is 0 Å². The van der Waals surface area contributed by atoms with E-state index in [1.54, 1.807) is 0 Å². The minimum atomic E-state index is -0.566. The molecule has 2 amide bonds. The van der Waals surface area contributed by atoms with Gasteiger partial charge in [0, 0.05) is 4.47 Å². The van der Waals surface area contributed by atoms with Crippen LogP contribution in [0, 0.1) is 0 Å². The highest BCUT2D eigenvalue weighted by atomic mass is 79.9. The van der Waals surface area contributed by atoms with E-state index in [0.29, 0.717) is 10.2 Å². The number of amides is 2. The Kier molecular flexibility index (Phi) is 3.40. The highest BCUT2D eigenvalue weighted by Crippen LogP contribution is 2.32. The Hall–Kier alpha value is -1.41. The fraction of sp³-hybridized carbons (Fsp3) is 0.100. The smallest absolute Gasteiger partial charge is 0.354 e. The first kappa shape index (κ1) is 13.0. The molecule has 0 aromatic carbocycles. The lowest BCUT2D eigenvalue weighted by molar-refractivity contribution is -0.123. The molecule has 1 aromatic rings. The highest BCUT2D eigenvalue weighted by Gasteiger charge is 2.32. The van der Waals surface area contributed by atoms with Crippen LogP contribution < -0.4 is 5.32 Å². The van der Waals surface area contributed by atoms with Crippen LogP contribution in [0.3, 0.4) is 0 Å². The summed E-state index contributed by atoms with van der Waals surface area (Å²) in [7, 11) is 1.25. The lowest BCUT2D eigenvalue weighted by Gasteiger charge is -1.98. The van der Waals surface area contributed by atoms with Crippen molar-refractivity contribution in [3.05, 3.63) is 26.4 Å². The molecule has 18 heavy (non-hydrogen) atoms. The summed E-state index contributed by atoms with van der Waals surface area (Å²) < 4.78 is 5.16. The molecule has 94 valence electrons. The van der Waals surface area contributed by atoms with Gasteiger partial charge in [-0.3, -0.25) is 14.9 Å². The van der Waals surface area contributed by atoms with Gasteiger partial charge >= 0.3 is 5.97 Å². The number of ether oxygens (including phenoxy) is 1. The zero-order chi connectivity index (χ0) is 13.4. The minimum absolute atomic E-state index is 0.117. The SMILES string of the molecule is COC(=O)c1cc(Br)c(C2=C(Br)C(=O)NC2=O)[nH]1. The second kappa shape index (κ2) is 4.69. The van der Waals surface area contributed by atoms with Gasteiger partial charge < -0.3 is 9.72 Å². The first-order valence-electron chi connectivity index (χ1n) is 4.68. The number of carbonyl (C=O) groups is 3. The molecule has 1 aliphatic heterocycles. The molecule has 0 atom stereocenters. The number of hydrogen-bond donors (Lipinski definition) is 2. The van der Waals surface area contributed by atoms with Crippen LogP contribution >= 0.6 is 31.9 Å². The first-order valence-corrected chi connectivity index (χ1v) is 6.27. The van der Waals surface area contributed by atoms with Crippen LogP contribution in [0.1, 0.15) is 16.2 Å². The summed E-state index contributed by atoms with van der Waals surface area (Å²) >= 11 is 6.25. The average molecular weight is 378 g/mol. The summed E-state index contributed by atoms with van der Waals surface area (Å²) in [5, 5.41) is 2.14. The van der Waals surface area contributed by atoms with Crippen molar-refractivity contribution in [2.45, 2.75) is 0 Å². The monoisotopic (exact) mass is 376 g/mol. The number of methoxy groups -OCH3 is 1. The van der Waals surface area contributed by atoms with E-state index in [4.69, 9.17) is 0 Å². The summed E-state index contributed by atoms with van der Waals surface area (Å²) in [4.78, 5) is 37.0. The third-order valence-electron chi connectivity index (χ3n) is 2.30. The van der Waals surface area contributed by atoms with Crippen LogP contribution in [0.25, 0.3) is 5.57 Å². The fourth-order valence-corrected chi connectivity index (χ4v) is 2.49. The highest BCUT2D eigenvalue weighted by molar-refractivity contribution is 9.12. The number of esters is 1. The largest absolute Gasteiger partial charge is 0.464 e. The third kappa shape index (κ3) is 2.01. The molecule has 0 saturated carbocycles. The van der Waals surface area contributed by atoms with Crippen LogP contribution in [0.5, 0.6) is 0 Å². The van der Waals surface area contributed by atoms with E-state index < -0.39 is 17.8 Å². The van der Waals surface area contributed by atoms with E-state index in [9.17, 15) is 14.4 Å². The molecule has 0 saturated heterocycles. The topological polar surface area (TPSA) is 88.3 Å². The minimum Gasteiger partial charge on any atom is -0.464 e. The van der Waals surface area contributed by atoms with Gasteiger partial charge in [0.05, 0.1) is 22.9 Å². The molecule has 8 heteroatoms. The molecule has 0 radical (unpaired) electrons. The quantitative estimate of drug-likeness (QED) is 0.601. The summed E-state index contributed by atoms with van der Waals surface area (Å²) in [5.41, 5.74) is 0.659. The first-order chi connectivity index (χ1) is 8.45. The molecule has 0 fully saturated rings. The van der Waals surface area contributed by atoms with Crippen molar-refractivity contribution < 1.29 is 19.1 Å². The van der Waals surface area contributed by atoms with Crippen LogP contribution in [-0.2, 0) is 14.3 Å². The number of halogens is 2. The maximum Gasteiger partial charge on any atom is 0.354 e. The second-order valence-corrected chi connectivity index (χ2v) is 5.02. The van der Waals surface area contributed by atoms with Gasteiger partial charge in [-0.05, 0) is 37.9 Å². The van der Waals surface area contributed by atoms with Crippen molar-refractivity contribution in [2.24, 2.45) is 0 Å². The van der Waals surface area contributed by atoms with Gasteiger partial charge in [0.25, 0.3) is 11.8 Å². The average Bonchev–Trinajstić information content (AvgIpc) is 2.80. The summed E-state index contributed by atoms with van der Waals surface area (Å²) in [6.45, 7) is 0. The molecule has 1 aromatic heterocycles. The number of carbonyl (C=O) groups excluding carboxylic acids is 3. The van der Waals surface area contributed by atoms with Gasteiger partial charge in [0.1, 0.15) is 5.69 Å². The zero-order valence-electron chi connectivity index (χ0n) is 8.97. The molecule has 2 N–H and O–H groups in total. The van der Waals surface area contributed by atoms with Gasteiger partial charge in [0.2, 0.25) is 0 Å². The van der Waals surface area contributed by atoms with Crippen LogP contribution in [-0.4, -0.2) is 29.9 Å². The fourth-order valence-electron chi connectivity index (χ4n) is 1.49. The number of nitrogens with one attached hydrogen (secondary N) is 2. The summed E-state index contributed by atoms with van der Waals surface area (Å²) in [5.74, 6) is -1.62. The van der Waals surface area contributed by atoms with Crippen LogP contribution in [0.4, 0.5) is 0 Å². The number of aromatic amines is 1. The lowest BCUT2D eigenvalue weighted by atomic mass is 10.2. The molecule has 0 aliphatic carbocycles. The lowest BCUT2D eigenvalue weighted by Crippen LogP contribution is -2.22. The van der Waals surface area contributed by atoms with Gasteiger partial charge in [-0.1, -0.05) is 0 Å². The van der Waals surface area contributed by atoms with Gasteiger partial charge in [0.15, 0.2) is 0 Å². The summed E-state index contributed by atoms with van der Waals surface area (Å²) in [6, 6.07) is 1.48. The van der Waals surface area contributed by atoms with Crippen molar-refractivity contribution >= 4 is 55.2 Å². The molecule has 0 bridgehead atoms.